The number of amides is 2. The van der Waals surface area contributed by atoms with Crippen molar-refractivity contribution in [2.75, 3.05) is 33.3 Å². The van der Waals surface area contributed by atoms with Gasteiger partial charge in [0, 0.05) is 26.2 Å². The van der Waals surface area contributed by atoms with E-state index in [-0.39, 0.29) is 11.9 Å². The Morgan fingerprint density at radius 3 is 2.32 bits per heavy atom. The predicted molar refractivity (Wildman–Crippen MR) is 97.8 cm³/mol. The van der Waals surface area contributed by atoms with E-state index in [1.807, 2.05) is 32.0 Å². The highest BCUT2D eigenvalue weighted by Gasteiger charge is 2.28. The van der Waals surface area contributed by atoms with Gasteiger partial charge in [-0.3, -0.25) is 0 Å². The fourth-order valence-corrected chi connectivity index (χ4v) is 2.68. The molecule has 0 spiro atoms. The Hall–Kier alpha value is -2.50. The number of nitrogens with one attached hydrogen (secondary N) is 1. The van der Waals surface area contributed by atoms with Crippen LogP contribution in [-0.2, 0) is 9.53 Å². The lowest BCUT2D eigenvalue weighted by molar-refractivity contribution is -0.144. The fourth-order valence-electron chi connectivity index (χ4n) is 2.68. The number of urea groups is 1. The second-order valence-electron chi connectivity index (χ2n) is 6.44. The summed E-state index contributed by atoms with van der Waals surface area (Å²) in [5.74, 6) is -0.431. The smallest absolute Gasteiger partial charge is 0.328 e. The molecule has 2 rings (SSSR count). The van der Waals surface area contributed by atoms with Gasteiger partial charge in [0.05, 0.1) is 7.11 Å². The van der Waals surface area contributed by atoms with Crippen molar-refractivity contribution in [3.05, 3.63) is 42.1 Å². The van der Waals surface area contributed by atoms with Crippen molar-refractivity contribution < 1.29 is 14.3 Å². The Balaban J connectivity index is 1.83. The zero-order chi connectivity index (χ0) is 18.2. The second kappa shape index (κ2) is 9.11. The molecule has 6 heteroatoms. The normalized spacial score (nSPS) is 16.2. The van der Waals surface area contributed by atoms with E-state index in [4.69, 9.17) is 4.74 Å². The maximum Gasteiger partial charge on any atom is 0.328 e. The number of hydrogen-bond donors (Lipinski definition) is 1. The topological polar surface area (TPSA) is 61.9 Å². The zero-order valence-corrected chi connectivity index (χ0v) is 15.1. The molecule has 0 unspecified atom stereocenters. The molecule has 0 radical (unpaired) electrons. The third-order valence-electron chi connectivity index (χ3n) is 4.28. The van der Waals surface area contributed by atoms with Crippen LogP contribution in [0.4, 0.5) is 4.79 Å². The van der Waals surface area contributed by atoms with Crippen LogP contribution in [0, 0.1) is 5.92 Å². The monoisotopic (exact) mass is 345 g/mol. The van der Waals surface area contributed by atoms with Gasteiger partial charge in [0.25, 0.3) is 0 Å². The molecule has 25 heavy (non-hydrogen) atoms. The minimum absolute atomic E-state index is 0.0218. The van der Waals surface area contributed by atoms with Crippen LogP contribution in [0.3, 0.4) is 0 Å². The second-order valence-corrected chi connectivity index (χ2v) is 6.44. The number of carbonyl (C=O) groups excluding carboxylic acids is 2. The summed E-state index contributed by atoms with van der Waals surface area (Å²) >= 11 is 0. The van der Waals surface area contributed by atoms with Gasteiger partial charge in [-0.05, 0) is 23.8 Å². The van der Waals surface area contributed by atoms with Crippen LogP contribution in [0.1, 0.15) is 19.4 Å². The van der Waals surface area contributed by atoms with Crippen molar-refractivity contribution in [3.63, 3.8) is 0 Å². The number of rotatable bonds is 5. The van der Waals surface area contributed by atoms with Crippen LogP contribution in [-0.4, -0.2) is 61.1 Å². The van der Waals surface area contributed by atoms with Crippen LogP contribution in [0.5, 0.6) is 0 Å². The molecule has 1 atom stereocenters. The largest absolute Gasteiger partial charge is 0.467 e. The molecule has 1 aromatic rings. The number of carbonyl (C=O) groups is 2. The molecule has 2 amide bonds. The first-order valence-electron chi connectivity index (χ1n) is 8.62. The number of benzene rings is 1. The van der Waals surface area contributed by atoms with Crippen LogP contribution in [0.2, 0.25) is 0 Å². The standard InChI is InChI=1S/C19H27N3O3/c1-15(2)17(18(23)25-3)20-19(24)22-13-11-21(12-14-22)10-9-16-7-5-4-6-8-16/h4-10,15,17H,11-14H2,1-3H3,(H,20,24)/b10-9+/t17-/m0/s1. The van der Waals surface area contributed by atoms with Crippen molar-refractivity contribution >= 4 is 18.1 Å². The third kappa shape index (κ3) is 5.52. The van der Waals surface area contributed by atoms with E-state index in [1.165, 1.54) is 7.11 Å². The van der Waals surface area contributed by atoms with E-state index in [9.17, 15) is 9.59 Å². The van der Waals surface area contributed by atoms with E-state index >= 15 is 0 Å². The first-order valence-corrected chi connectivity index (χ1v) is 8.62. The van der Waals surface area contributed by atoms with Gasteiger partial charge in [-0.25, -0.2) is 9.59 Å². The van der Waals surface area contributed by atoms with Gasteiger partial charge in [-0.2, -0.15) is 0 Å². The lowest BCUT2D eigenvalue weighted by atomic mass is 10.1. The molecule has 1 fully saturated rings. The average molecular weight is 345 g/mol. The highest BCUT2D eigenvalue weighted by atomic mass is 16.5. The fraction of sp³-hybridized carbons (Fsp3) is 0.474. The Kier molecular flexibility index (Phi) is 6.86. The number of hydrogen-bond acceptors (Lipinski definition) is 4. The van der Waals surface area contributed by atoms with Gasteiger partial charge >= 0.3 is 12.0 Å². The SMILES string of the molecule is COC(=O)[C@@H](NC(=O)N1CCN(/C=C/c2ccccc2)CC1)C(C)C. The van der Waals surface area contributed by atoms with Gasteiger partial charge in [0.15, 0.2) is 0 Å². The summed E-state index contributed by atoms with van der Waals surface area (Å²) in [6.07, 6.45) is 4.14. The van der Waals surface area contributed by atoms with E-state index in [0.717, 1.165) is 18.7 Å². The van der Waals surface area contributed by atoms with Crippen molar-refractivity contribution in [1.29, 1.82) is 0 Å². The highest BCUT2D eigenvalue weighted by molar-refractivity contribution is 5.83. The van der Waals surface area contributed by atoms with Crippen molar-refractivity contribution in [2.24, 2.45) is 5.92 Å². The third-order valence-corrected chi connectivity index (χ3v) is 4.28. The molecule has 1 saturated heterocycles. The summed E-state index contributed by atoms with van der Waals surface area (Å²) in [6.45, 7) is 6.54. The lowest BCUT2D eigenvalue weighted by Crippen LogP contribution is -2.55. The van der Waals surface area contributed by atoms with Crippen molar-refractivity contribution in [1.82, 2.24) is 15.1 Å². The number of piperazine rings is 1. The summed E-state index contributed by atoms with van der Waals surface area (Å²) < 4.78 is 4.76. The quantitative estimate of drug-likeness (QED) is 0.831. The van der Waals surface area contributed by atoms with Gasteiger partial charge in [-0.15, -0.1) is 0 Å². The molecule has 1 aliphatic heterocycles. The Morgan fingerprint density at radius 2 is 1.76 bits per heavy atom. The first kappa shape index (κ1) is 18.8. The molecular formula is C19H27N3O3. The number of nitrogens with zero attached hydrogens (tertiary/aromatic N) is 2. The number of methoxy groups -OCH3 is 1. The summed E-state index contributed by atoms with van der Waals surface area (Å²) in [7, 11) is 1.34. The summed E-state index contributed by atoms with van der Waals surface area (Å²) in [5, 5.41) is 2.79. The molecule has 1 aromatic carbocycles. The summed E-state index contributed by atoms with van der Waals surface area (Å²) in [4.78, 5) is 28.1. The van der Waals surface area contributed by atoms with Gasteiger partial charge in [0.2, 0.25) is 0 Å². The van der Waals surface area contributed by atoms with E-state index in [0.29, 0.717) is 13.1 Å². The molecule has 0 aromatic heterocycles. The first-order chi connectivity index (χ1) is 12.0. The van der Waals surface area contributed by atoms with Crippen LogP contribution in [0.15, 0.2) is 36.5 Å². The number of ether oxygens (including phenoxy) is 1. The van der Waals surface area contributed by atoms with Crippen LogP contribution < -0.4 is 5.32 Å². The number of esters is 1. The highest BCUT2D eigenvalue weighted by Crippen LogP contribution is 2.09. The Labute approximate surface area is 149 Å². The van der Waals surface area contributed by atoms with E-state index < -0.39 is 12.0 Å². The molecule has 0 bridgehead atoms. The molecule has 1 heterocycles. The Morgan fingerprint density at radius 1 is 1.12 bits per heavy atom. The van der Waals surface area contributed by atoms with Gasteiger partial charge in [-0.1, -0.05) is 44.2 Å². The molecule has 1 N–H and O–H groups in total. The van der Waals surface area contributed by atoms with Crippen LogP contribution in [0.25, 0.3) is 6.08 Å². The minimum atomic E-state index is -0.617. The Bertz CT molecular complexity index is 593. The van der Waals surface area contributed by atoms with Crippen LogP contribution >= 0.6 is 0 Å². The molecular weight excluding hydrogens is 318 g/mol. The molecule has 1 aliphatic rings. The molecule has 136 valence electrons. The van der Waals surface area contributed by atoms with Crippen molar-refractivity contribution in [2.45, 2.75) is 19.9 Å². The van der Waals surface area contributed by atoms with Gasteiger partial charge < -0.3 is 19.9 Å². The minimum Gasteiger partial charge on any atom is -0.467 e. The maximum atomic E-state index is 12.4. The van der Waals surface area contributed by atoms with Crippen molar-refractivity contribution in [3.8, 4) is 0 Å². The average Bonchev–Trinajstić information content (AvgIpc) is 2.64. The lowest BCUT2D eigenvalue weighted by Gasteiger charge is -2.35. The zero-order valence-electron chi connectivity index (χ0n) is 15.1. The maximum absolute atomic E-state index is 12.4. The summed E-state index contributed by atoms with van der Waals surface area (Å²) in [6, 6.07) is 9.29. The molecule has 0 saturated carbocycles. The van der Waals surface area contributed by atoms with Gasteiger partial charge in [0.1, 0.15) is 6.04 Å². The predicted octanol–water partition coefficient (Wildman–Crippen LogP) is 2.18. The van der Waals surface area contributed by atoms with E-state index in [1.54, 1.807) is 4.90 Å². The van der Waals surface area contributed by atoms with E-state index in [2.05, 4.69) is 34.6 Å². The molecule has 6 nitrogen and oxygen atoms in total. The summed E-state index contributed by atoms with van der Waals surface area (Å²) in [5.41, 5.74) is 1.15. The molecule has 0 aliphatic carbocycles.